The molecule has 2 aliphatic heterocycles. The number of nitrogens with zero attached hydrogens (tertiary/aromatic N) is 5. The molecule has 33 heavy (non-hydrogen) atoms. The molecule has 0 aliphatic carbocycles. The summed E-state index contributed by atoms with van der Waals surface area (Å²) in [5.41, 5.74) is 1.36. The third kappa shape index (κ3) is 3.77. The van der Waals surface area contributed by atoms with E-state index in [1.807, 2.05) is 62.4 Å². The predicted molar refractivity (Wildman–Crippen MR) is 119 cm³/mol. The van der Waals surface area contributed by atoms with Gasteiger partial charge in [-0.15, -0.1) is 5.10 Å². The maximum Gasteiger partial charge on any atom is 0.258 e. The first-order chi connectivity index (χ1) is 15.8. The van der Waals surface area contributed by atoms with E-state index in [2.05, 4.69) is 15.5 Å². The monoisotopic (exact) mass is 467 g/mol. The Kier molecular flexibility index (Phi) is 5.37. The smallest absolute Gasteiger partial charge is 0.258 e. The van der Waals surface area contributed by atoms with Crippen molar-refractivity contribution in [2.75, 3.05) is 6.54 Å². The summed E-state index contributed by atoms with van der Waals surface area (Å²) in [6.45, 7) is 4.88. The highest BCUT2D eigenvalue weighted by molar-refractivity contribution is 6.30. The van der Waals surface area contributed by atoms with E-state index < -0.39 is 17.7 Å². The molecule has 1 amide bonds. The van der Waals surface area contributed by atoms with Crippen LogP contribution in [0.15, 0.2) is 48.5 Å². The van der Waals surface area contributed by atoms with Gasteiger partial charge in [-0.05, 0) is 54.1 Å². The number of carbonyl (C=O) groups is 1. The van der Waals surface area contributed by atoms with Crippen LogP contribution in [0.5, 0.6) is 5.75 Å². The standard InChI is InChI=1S/C24H26ClN5O3/c1-24(2)14-20(18-6-3-4-8-21(18)33-24)30(23(31)32)13-5-7-19(30)22-26-27-28-29(22)15-16-9-11-17(25)12-10-16/h3-4,6,8-12,19-20H,5,7,13-15H2,1-2H3/t19-,20?,30?/m1/s1. The van der Waals surface area contributed by atoms with Crippen LogP contribution in [0, 0.1) is 0 Å². The Labute approximate surface area is 197 Å². The van der Waals surface area contributed by atoms with Crippen LogP contribution in [0.4, 0.5) is 4.79 Å². The van der Waals surface area contributed by atoms with Gasteiger partial charge in [-0.3, -0.25) is 4.48 Å². The second kappa shape index (κ2) is 8.11. The summed E-state index contributed by atoms with van der Waals surface area (Å²) >= 11 is 6.02. The Hall–Kier alpha value is -2.97. The van der Waals surface area contributed by atoms with Gasteiger partial charge >= 0.3 is 0 Å². The maximum atomic E-state index is 13.0. The number of para-hydroxylation sites is 1. The van der Waals surface area contributed by atoms with E-state index in [4.69, 9.17) is 16.3 Å². The number of likely N-dealkylation sites (tertiary alicyclic amines) is 1. The fourth-order valence-electron chi connectivity index (χ4n) is 5.49. The highest BCUT2D eigenvalue weighted by Crippen LogP contribution is 2.53. The average Bonchev–Trinajstić information content (AvgIpc) is 3.41. The van der Waals surface area contributed by atoms with E-state index in [1.54, 1.807) is 4.68 Å². The topological polar surface area (TPSA) is 93.0 Å². The lowest BCUT2D eigenvalue weighted by Gasteiger charge is -2.49. The van der Waals surface area contributed by atoms with Crippen molar-refractivity contribution in [2.24, 2.45) is 0 Å². The minimum atomic E-state index is -1.10. The number of tetrazole rings is 1. The Bertz CT molecular complexity index is 1180. The van der Waals surface area contributed by atoms with E-state index in [9.17, 15) is 9.90 Å². The summed E-state index contributed by atoms with van der Waals surface area (Å²) in [6, 6.07) is 14.4. The van der Waals surface area contributed by atoms with Gasteiger partial charge in [0.15, 0.2) is 6.04 Å². The molecule has 172 valence electrons. The number of hydrogen-bond acceptors (Lipinski definition) is 6. The molecule has 2 aromatic carbocycles. The van der Waals surface area contributed by atoms with Crippen LogP contribution in [-0.2, 0) is 6.54 Å². The number of quaternary nitrogens is 1. The van der Waals surface area contributed by atoms with Crippen LogP contribution >= 0.6 is 11.6 Å². The first-order valence-corrected chi connectivity index (χ1v) is 11.6. The normalized spacial score (nSPS) is 25.9. The van der Waals surface area contributed by atoms with Crippen molar-refractivity contribution >= 4 is 17.7 Å². The van der Waals surface area contributed by atoms with Crippen molar-refractivity contribution in [1.82, 2.24) is 20.2 Å². The lowest BCUT2D eigenvalue weighted by Crippen LogP contribution is -2.62. The predicted octanol–water partition coefficient (Wildman–Crippen LogP) is 3.67. The van der Waals surface area contributed by atoms with E-state index >= 15 is 0 Å². The molecule has 0 N–H and O–H groups in total. The molecule has 3 aromatic rings. The van der Waals surface area contributed by atoms with E-state index in [0.29, 0.717) is 36.8 Å². The van der Waals surface area contributed by atoms with Gasteiger partial charge in [-0.25, -0.2) is 4.68 Å². The number of rotatable bonds is 4. The van der Waals surface area contributed by atoms with Gasteiger partial charge in [0, 0.05) is 24.3 Å². The highest BCUT2D eigenvalue weighted by Gasteiger charge is 2.56. The zero-order valence-corrected chi connectivity index (χ0v) is 19.4. The van der Waals surface area contributed by atoms with Crippen molar-refractivity contribution in [1.29, 1.82) is 0 Å². The van der Waals surface area contributed by atoms with Gasteiger partial charge in [0.25, 0.3) is 6.09 Å². The molecule has 3 atom stereocenters. The summed E-state index contributed by atoms with van der Waals surface area (Å²) in [5.74, 6) is 1.29. The summed E-state index contributed by atoms with van der Waals surface area (Å²) < 4.78 is 7.66. The quantitative estimate of drug-likeness (QED) is 0.543. The minimum absolute atomic E-state index is 0.231. The minimum Gasteiger partial charge on any atom is -0.498 e. The molecule has 9 heteroatoms. The number of ether oxygens (including phenoxy) is 1. The van der Waals surface area contributed by atoms with E-state index in [1.165, 1.54) is 0 Å². The largest absolute Gasteiger partial charge is 0.498 e. The van der Waals surface area contributed by atoms with Crippen molar-refractivity contribution in [3.63, 3.8) is 0 Å². The number of benzene rings is 2. The Morgan fingerprint density at radius 1 is 1.21 bits per heavy atom. The number of carbonyl (C=O) groups excluding carboxylic acids is 1. The molecule has 5 rings (SSSR count). The number of hydrogen-bond donors (Lipinski definition) is 0. The summed E-state index contributed by atoms with van der Waals surface area (Å²) in [5, 5.41) is 26.1. The highest BCUT2D eigenvalue weighted by atomic mass is 35.5. The molecular weight excluding hydrogens is 442 g/mol. The van der Waals surface area contributed by atoms with Crippen LogP contribution in [0.2, 0.25) is 5.02 Å². The summed E-state index contributed by atoms with van der Waals surface area (Å²) in [6.07, 6.45) is 0.852. The van der Waals surface area contributed by atoms with E-state index in [0.717, 1.165) is 23.3 Å². The fourth-order valence-corrected chi connectivity index (χ4v) is 5.61. The first kappa shape index (κ1) is 21.9. The average molecular weight is 468 g/mol. The molecule has 3 heterocycles. The van der Waals surface area contributed by atoms with Gasteiger partial charge in [0.2, 0.25) is 5.82 Å². The lowest BCUT2D eigenvalue weighted by atomic mass is 9.86. The van der Waals surface area contributed by atoms with Gasteiger partial charge in [-0.2, -0.15) is 0 Å². The van der Waals surface area contributed by atoms with Crippen molar-refractivity contribution in [2.45, 2.75) is 57.3 Å². The summed E-state index contributed by atoms with van der Waals surface area (Å²) in [7, 11) is 0. The number of carboxylic acid groups (broad SMARTS) is 1. The maximum absolute atomic E-state index is 13.0. The number of amides is 1. The molecule has 0 saturated carbocycles. The summed E-state index contributed by atoms with van der Waals surface area (Å²) in [4.78, 5) is 13.0. The third-order valence-electron chi connectivity index (χ3n) is 6.91. The number of aromatic nitrogens is 4. The SMILES string of the molecule is CC1(C)CC([N+]2(C(=O)[O-])CCC[C@@H]2c2nnnn2Cc2ccc(Cl)cc2)c2ccccc2O1. The van der Waals surface area contributed by atoms with Crippen LogP contribution in [0.1, 0.15) is 62.1 Å². The Balaban J connectivity index is 1.58. The van der Waals surface area contributed by atoms with Crippen molar-refractivity contribution in [3.05, 3.63) is 70.5 Å². The van der Waals surface area contributed by atoms with Gasteiger partial charge < -0.3 is 14.6 Å². The zero-order valence-electron chi connectivity index (χ0n) is 18.6. The molecule has 8 nitrogen and oxygen atoms in total. The van der Waals surface area contributed by atoms with Crippen LogP contribution in [0.3, 0.4) is 0 Å². The van der Waals surface area contributed by atoms with Gasteiger partial charge in [0.1, 0.15) is 17.4 Å². The van der Waals surface area contributed by atoms with Crippen LogP contribution < -0.4 is 9.84 Å². The van der Waals surface area contributed by atoms with Crippen molar-refractivity contribution in [3.8, 4) is 5.75 Å². The second-order valence-electron chi connectivity index (χ2n) is 9.52. The van der Waals surface area contributed by atoms with E-state index in [-0.39, 0.29) is 10.5 Å². The lowest BCUT2D eigenvalue weighted by molar-refractivity contribution is -0.924. The molecule has 0 radical (unpaired) electrons. The Morgan fingerprint density at radius 2 is 1.97 bits per heavy atom. The molecular formula is C24H26ClN5O3. The van der Waals surface area contributed by atoms with Gasteiger partial charge in [0.05, 0.1) is 18.7 Å². The third-order valence-corrected chi connectivity index (χ3v) is 7.16. The van der Waals surface area contributed by atoms with Crippen molar-refractivity contribution < 1.29 is 19.1 Å². The fraction of sp³-hybridized carbons (Fsp3) is 0.417. The first-order valence-electron chi connectivity index (χ1n) is 11.2. The number of fused-ring (bicyclic) bond motifs is 1. The van der Waals surface area contributed by atoms with Crippen LogP contribution in [0.25, 0.3) is 0 Å². The molecule has 1 saturated heterocycles. The Morgan fingerprint density at radius 3 is 2.73 bits per heavy atom. The molecule has 0 bridgehead atoms. The molecule has 2 aliphatic rings. The number of halogens is 1. The molecule has 1 aromatic heterocycles. The van der Waals surface area contributed by atoms with Crippen LogP contribution in [-0.4, -0.2) is 42.9 Å². The second-order valence-corrected chi connectivity index (χ2v) is 9.96. The zero-order chi connectivity index (χ0) is 23.2. The van der Waals surface area contributed by atoms with Gasteiger partial charge in [-0.1, -0.05) is 35.9 Å². The molecule has 1 fully saturated rings. The molecule has 0 spiro atoms. The molecule has 2 unspecified atom stereocenters.